The predicted molar refractivity (Wildman–Crippen MR) is 88.8 cm³/mol. The number of benzene rings is 1. The van der Waals surface area contributed by atoms with Crippen molar-refractivity contribution in [3.63, 3.8) is 0 Å². The van der Waals surface area contributed by atoms with E-state index in [1.54, 1.807) is 0 Å². The molecule has 8 heteroatoms. The number of aromatic nitrogens is 3. The average molecular weight is 375 g/mol. The minimum absolute atomic E-state index is 0.305. The molecule has 0 aliphatic heterocycles. The van der Waals surface area contributed by atoms with Crippen LogP contribution in [0.1, 0.15) is 5.56 Å². The van der Waals surface area contributed by atoms with Gasteiger partial charge < -0.3 is 0 Å². The van der Waals surface area contributed by atoms with Gasteiger partial charge in [0.15, 0.2) is 0 Å². The van der Waals surface area contributed by atoms with Crippen LogP contribution in [0.4, 0.5) is 22.0 Å². The SMILES string of the molecule is Fc1ccc(-c2nn3cc(C(F)(F)F)ccc3c2-c2ccnc(F)c2)cc1. The maximum Gasteiger partial charge on any atom is 0.417 e. The number of hydrogen-bond donors (Lipinski definition) is 0. The number of nitrogens with zero attached hydrogens (tertiary/aromatic N) is 3. The second-order valence-electron chi connectivity index (χ2n) is 5.84. The van der Waals surface area contributed by atoms with Crippen molar-refractivity contribution >= 4 is 5.52 Å². The molecule has 0 fully saturated rings. The minimum atomic E-state index is -4.53. The Morgan fingerprint density at radius 2 is 1.59 bits per heavy atom. The molecule has 0 bridgehead atoms. The Kier molecular flexibility index (Phi) is 3.91. The van der Waals surface area contributed by atoms with Gasteiger partial charge in [-0.2, -0.15) is 22.7 Å². The largest absolute Gasteiger partial charge is 0.417 e. The molecule has 0 radical (unpaired) electrons. The van der Waals surface area contributed by atoms with Crippen LogP contribution in [0, 0.1) is 11.8 Å². The van der Waals surface area contributed by atoms with Crippen molar-refractivity contribution < 1.29 is 22.0 Å². The highest BCUT2D eigenvalue weighted by atomic mass is 19.4. The average Bonchev–Trinajstić information content (AvgIpc) is 3.00. The van der Waals surface area contributed by atoms with Crippen LogP contribution in [0.2, 0.25) is 0 Å². The van der Waals surface area contributed by atoms with Crippen LogP contribution in [-0.2, 0) is 6.18 Å². The molecule has 136 valence electrons. The Balaban J connectivity index is 2.02. The molecule has 0 aliphatic carbocycles. The molecule has 4 rings (SSSR count). The molecule has 0 N–H and O–H groups in total. The summed E-state index contributed by atoms with van der Waals surface area (Å²) >= 11 is 0. The first-order valence-electron chi connectivity index (χ1n) is 7.80. The highest BCUT2D eigenvalue weighted by Crippen LogP contribution is 2.37. The van der Waals surface area contributed by atoms with Gasteiger partial charge in [-0.1, -0.05) is 0 Å². The first kappa shape index (κ1) is 17.1. The summed E-state index contributed by atoms with van der Waals surface area (Å²) in [6.45, 7) is 0. The molecule has 3 heterocycles. The molecule has 0 atom stereocenters. The van der Waals surface area contributed by atoms with Gasteiger partial charge in [-0.15, -0.1) is 0 Å². The molecule has 0 saturated heterocycles. The molecule has 0 unspecified atom stereocenters. The Hall–Kier alpha value is -3.29. The molecule has 3 aromatic heterocycles. The fourth-order valence-corrected chi connectivity index (χ4v) is 2.87. The van der Waals surface area contributed by atoms with Crippen molar-refractivity contribution in [2.75, 3.05) is 0 Å². The van der Waals surface area contributed by atoms with E-state index in [1.165, 1.54) is 48.7 Å². The van der Waals surface area contributed by atoms with E-state index in [1.807, 2.05) is 0 Å². The topological polar surface area (TPSA) is 30.2 Å². The standard InChI is InChI=1S/C19H10F5N3/c20-14-4-1-11(2-5-14)18-17(12-7-8-25-16(21)9-12)15-6-3-13(19(22,23)24)10-27(15)26-18/h1-10H. The zero-order chi connectivity index (χ0) is 19.2. The summed E-state index contributed by atoms with van der Waals surface area (Å²) in [6, 6.07) is 10.3. The smallest absolute Gasteiger partial charge is 0.239 e. The molecular weight excluding hydrogens is 365 g/mol. The zero-order valence-corrected chi connectivity index (χ0v) is 13.5. The van der Waals surface area contributed by atoms with E-state index in [9.17, 15) is 22.0 Å². The number of fused-ring (bicyclic) bond motifs is 1. The first-order chi connectivity index (χ1) is 12.8. The second kappa shape index (κ2) is 6.15. The fraction of sp³-hybridized carbons (Fsp3) is 0.0526. The van der Waals surface area contributed by atoms with Crippen molar-refractivity contribution in [1.82, 2.24) is 14.6 Å². The van der Waals surface area contributed by atoms with Crippen LogP contribution in [-0.4, -0.2) is 14.6 Å². The van der Waals surface area contributed by atoms with Crippen molar-refractivity contribution in [3.8, 4) is 22.4 Å². The third-order valence-corrected chi connectivity index (χ3v) is 4.09. The lowest BCUT2D eigenvalue weighted by atomic mass is 10.0. The highest BCUT2D eigenvalue weighted by Gasteiger charge is 2.31. The Bertz CT molecular complexity index is 1130. The summed E-state index contributed by atoms with van der Waals surface area (Å²) in [5, 5.41) is 4.24. The monoisotopic (exact) mass is 375 g/mol. The van der Waals surface area contributed by atoms with Crippen LogP contribution in [0.3, 0.4) is 0 Å². The maximum atomic E-state index is 13.6. The molecule has 0 aliphatic rings. The van der Waals surface area contributed by atoms with Gasteiger partial charge in [0.1, 0.15) is 11.5 Å². The van der Waals surface area contributed by atoms with Crippen LogP contribution in [0.15, 0.2) is 60.9 Å². The number of pyridine rings is 2. The molecule has 4 aromatic rings. The lowest BCUT2D eigenvalue weighted by molar-refractivity contribution is -0.137. The van der Waals surface area contributed by atoms with Crippen molar-refractivity contribution in [1.29, 1.82) is 0 Å². The fourth-order valence-electron chi connectivity index (χ4n) is 2.87. The third kappa shape index (κ3) is 3.14. The number of hydrogen-bond acceptors (Lipinski definition) is 2. The van der Waals surface area contributed by atoms with Gasteiger partial charge >= 0.3 is 6.18 Å². The lowest BCUT2D eigenvalue weighted by Crippen LogP contribution is -2.06. The Morgan fingerprint density at radius 1 is 0.852 bits per heavy atom. The van der Waals surface area contributed by atoms with E-state index >= 15 is 0 Å². The Labute approximate surface area is 149 Å². The van der Waals surface area contributed by atoms with E-state index < -0.39 is 23.5 Å². The van der Waals surface area contributed by atoms with Gasteiger partial charge in [0.25, 0.3) is 0 Å². The van der Waals surface area contributed by atoms with E-state index in [2.05, 4.69) is 10.1 Å². The summed E-state index contributed by atoms with van der Waals surface area (Å²) in [4.78, 5) is 3.50. The summed E-state index contributed by atoms with van der Waals surface area (Å²) in [7, 11) is 0. The summed E-state index contributed by atoms with van der Waals surface area (Å²) < 4.78 is 67.1. The van der Waals surface area contributed by atoms with Crippen molar-refractivity contribution in [2.45, 2.75) is 6.18 Å². The normalized spacial score (nSPS) is 11.9. The number of halogens is 5. The minimum Gasteiger partial charge on any atom is -0.239 e. The van der Waals surface area contributed by atoms with Crippen LogP contribution < -0.4 is 0 Å². The maximum absolute atomic E-state index is 13.6. The van der Waals surface area contributed by atoms with E-state index in [-0.39, 0.29) is 0 Å². The van der Waals surface area contributed by atoms with Gasteiger partial charge in [-0.05, 0) is 48.0 Å². The summed E-state index contributed by atoms with van der Waals surface area (Å²) in [5.41, 5.74) is 1.11. The Morgan fingerprint density at radius 3 is 2.26 bits per heavy atom. The molecule has 0 spiro atoms. The number of alkyl halides is 3. The number of rotatable bonds is 2. The molecule has 0 amide bonds. The molecule has 27 heavy (non-hydrogen) atoms. The summed E-state index contributed by atoms with van der Waals surface area (Å²) in [6.07, 6.45) is -2.41. The van der Waals surface area contributed by atoms with E-state index in [0.717, 1.165) is 16.8 Å². The van der Waals surface area contributed by atoms with Gasteiger partial charge in [0.2, 0.25) is 5.95 Å². The third-order valence-electron chi connectivity index (χ3n) is 4.09. The van der Waals surface area contributed by atoms with Crippen molar-refractivity contribution in [2.24, 2.45) is 0 Å². The molecule has 3 nitrogen and oxygen atoms in total. The van der Waals surface area contributed by atoms with Gasteiger partial charge in [0, 0.05) is 29.6 Å². The van der Waals surface area contributed by atoms with Gasteiger partial charge in [0.05, 0.1) is 11.1 Å². The molecular formula is C19H10F5N3. The van der Waals surface area contributed by atoms with Crippen molar-refractivity contribution in [3.05, 3.63) is 78.3 Å². The van der Waals surface area contributed by atoms with E-state index in [4.69, 9.17) is 0 Å². The van der Waals surface area contributed by atoms with Crippen LogP contribution >= 0.6 is 0 Å². The van der Waals surface area contributed by atoms with Gasteiger partial charge in [-0.3, -0.25) is 0 Å². The van der Waals surface area contributed by atoms with Crippen LogP contribution in [0.25, 0.3) is 27.9 Å². The second-order valence-corrected chi connectivity index (χ2v) is 5.84. The predicted octanol–water partition coefficient (Wildman–Crippen LogP) is 5.36. The zero-order valence-electron chi connectivity index (χ0n) is 13.5. The quantitative estimate of drug-likeness (QED) is 0.349. The first-order valence-corrected chi connectivity index (χ1v) is 7.80. The van der Waals surface area contributed by atoms with Crippen LogP contribution in [0.5, 0.6) is 0 Å². The van der Waals surface area contributed by atoms with E-state index in [0.29, 0.717) is 27.9 Å². The molecule has 0 saturated carbocycles. The molecule has 1 aromatic carbocycles. The van der Waals surface area contributed by atoms with Gasteiger partial charge in [-0.25, -0.2) is 13.9 Å². The summed E-state index contributed by atoms with van der Waals surface area (Å²) in [5.74, 6) is -1.19. The lowest BCUT2D eigenvalue weighted by Gasteiger charge is -2.07. The highest BCUT2D eigenvalue weighted by molar-refractivity contribution is 5.92.